The molecule has 0 saturated carbocycles. The van der Waals surface area contributed by atoms with Gasteiger partial charge in [-0.25, -0.2) is 4.79 Å². The van der Waals surface area contributed by atoms with Gasteiger partial charge in [0.2, 0.25) is 17.7 Å². The normalized spacial score (nSPS) is 20.8. The summed E-state index contributed by atoms with van der Waals surface area (Å²) >= 11 is 0. The Bertz CT molecular complexity index is 1540. The van der Waals surface area contributed by atoms with E-state index in [4.69, 9.17) is 4.74 Å². The van der Waals surface area contributed by atoms with Crippen molar-refractivity contribution in [2.45, 2.75) is 69.2 Å². The third kappa shape index (κ3) is 9.60. The lowest BCUT2D eigenvalue weighted by Crippen LogP contribution is -2.59. The zero-order valence-corrected chi connectivity index (χ0v) is 28.3. The molecule has 5 atom stereocenters. The molecule has 11 nitrogen and oxygen atoms in total. The highest BCUT2D eigenvalue weighted by Gasteiger charge is 2.47. The first-order chi connectivity index (χ1) is 23.9. The van der Waals surface area contributed by atoms with Gasteiger partial charge in [-0.15, -0.1) is 0 Å². The SMILES string of the molecule is CN[C@H](Cc1ccccc1)C(=O)NC1C(=O)N2C(CCC1CNC(=O)NCc1ccccc1)CC[C@H]2C(=O)NCCc1ccc(OC)cc1. The number of carbonyl (C=O) groups excluding carboxylic acids is 4. The molecular formula is C38H48N6O5. The largest absolute Gasteiger partial charge is 0.497 e. The summed E-state index contributed by atoms with van der Waals surface area (Å²) in [5.74, 6) is -0.370. The van der Waals surface area contributed by atoms with Crippen LogP contribution in [0.15, 0.2) is 84.9 Å². The average Bonchev–Trinajstić information content (AvgIpc) is 3.52. The zero-order chi connectivity index (χ0) is 34.6. The van der Waals surface area contributed by atoms with E-state index >= 15 is 0 Å². The predicted octanol–water partition coefficient (Wildman–Crippen LogP) is 2.94. The lowest BCUT2D eigenvalue weighted by atomic mass is 9.92. The summed E-state index contributed by atoms with van der Waals surface area (Å²) < 4.78 is 5.23. The van der Waals surface area contributed by atoms with E-state index in [1.165, 1.54) is 0 Å². The number of likely N-dealkylation sites (N-methyl/N-ethyl adjacent to an activating group) is 1. The molecule has 5 rings (SSSR count). The Labute approximate surface area is 288 Å². The second kappa shape index (κ2) is 17.5. The summed E-state index contributed by atoms with van der Waals surface area (Å²) in [6.07, 6.45) is 3.62. The van der Waals surface area contributed by atoms with Gasteiger partial charge in [0.15, 0.2) is 0 Å². The molecule has 11 heteroatoms. The van der Waals surface area contributed by atoms with Crippen LogP contribution in [0.5, 0.6) is 5.75 Å². The number of hydrogen-bond acceptors (Lipinski definition) is 6. The highest BCUT2D eigenvalue weighted by molar-refractivity contribution is 5.94. The summed E-state index contributed by atoms with van der Waals surface area (Å²) in [4.78, 5) is 56.2. The van der Waals surface area contributed by atoms with E-state index in [9.17, 15) is 19.2 Å². The lowest BCUT2D eigenvalue weighted by molar-refractivity contribution is -0.143. The van der Waals surface area contributed by atoms with Gasteiger partial charge in [-0.1, -0.05) is 72.8 Å². The first-order valence-corrected chi connectivity index (χ1v) is 17.2. The maximum Gasteiger partial charge on any atom is 0.315 e. The van der Waals surface area contributed by atoms with Gasteiger partial charge >= 0.3 is 6.03 Å². The Hall–Kier alpha value is -4.90. The highest BCUT2D eigenvalue weighted by atomic mass is 16.5. The Morgan fingerprint density at radius 1 is 0.816 bits per heavy atom. The van der Waals surface area contributed by atoms with E-state index in [2.05, 4.69) is 26.6 Å². The number of amides is 5. The Kier molecular flexibility index (Phi) is 12.6. The molecule has 2 aliphatic rings. The van der Waals surface area contributed by atoms with Crippen molar-refractivity contribution in [2.75, 3.05) is 27.2 Å². The van der Waals surface area contributed by atoms with E-state index in [1.807, 2.05) is 84.9 Å². The Morgan fingerprint density at radius 2 is 1.49 bits per heavy atom. The molecule has 0 aliphatic carbocycles. The fraction of sp³-hybridized carbons (Fsp3) is 0.421. The topological polar surface area (TPSA) is 141 Å². The molecule has 5 amide bonds. The monoisotopic (exact) mass is 668 g/mol. The van der Waals surface area contributed by atoms with E-state index in [1.54, 1.807) is 19.1 Å². The number of hydrogen-bond donors (Lipinski definition) is 5. The lowest BCUT2D eigenvalue weighted by Gasteiger charge is -2.33. The molecule has 2 aliphatic heterocycles. The van der Waals surface area contributed by atoms with E-state index in [-0.39, 0.29) is 42.3 Å². The first-order valence-electron chi connectivity index (χ1n) is 17.2. The number of fused-ring (bicyclic) bond motifs is 1. The minimum absolute atomic E-state index is 0.120. The van der Waals surface area contributed by atoms with Crippen LogP contribution in [0.1, 0.15) is 42.4 Å². The van der Waals surface area contributed by atoms with Crippen molar-refractivity contribution in [3.05, 3.63) is 102 Å². The van der Waals surface area contributed by atoms with Crippen LogP contribution < -0.4 is 31.3 Å². The molecule has 2 saturated heterocycles. The number of urea groups is 1. The third-order valence-electron chi connectivity index (χ3n) is 9.61. The van der Waals surface area contributed by atoms with Crippen LogP contribution in [0.4, 0.5) is 4.79 Å². The van der Waals surface area contributed by atoms with Crippen molar-refractivity contribution in [1.82, 2.24) is 31.5 Å². The first kappa shape index (κ1) is 35.4. The summed E-state index contributed by atoms with van der Waals surface area (Å²) in [5.41, 5.74) is 3.03. The summed E-state index contributed by atoms with van der Waals surface area (Å²) in [7, 11) is 3.34. The molecular weight excluding hydrogens is 620 g/mol. The second-order valence-corrected chi connectivity index (χ2v) is 12.8. The molecule has 49 heavy (non-hydrogen) atoms. The van der Waals surface area contributed by atoms with Crippen molar-refractivity contribution >= 4 is 23.8 Å². The van der Waals surface area contributed by atoms with Crippen molar-refractivity contribution in [3.8, 4) is 5.75 Å². The Morgan fingerprint density at radius 3 is 2.16 bits per heavy atom. The molecule has 2 heterocycles. The number of rotatable bonds is 14. The molecule has 0 aromatic heterocycles. The molecule has 3 aromatic rings. The van der Waals surface area contributed by atoms with E-state index in [0.717, 1.165) is 22.4 Å². The summed E-state index contributed by atoms with van der Waals surface area (Å²) in [6, 6.07) is 24.4. The molecule has 5 N–H and O–H groups in total. The molecule has 3 unspecified atom stereocenters. The number of benzene rings is 3. The van der Waals surface area contributed by atoms with Crippen molar-refractivity contribution in [3.63, 3.8) is 0 Å². The van der Waals surface area contributed by atoms with Gasteiger partial charge in [0.05, 0.1) is 13.2 Å². The maximum absolute atomic E-state index is 14.4. The van der Waals surface area contributed by atoms with Gasteiger partial charge in [0, 0.05) is 31.6 Å². The van der Waals surface area contributed by atoms with Gasteiger partial charge in [-0.05, 0) is 74.4 Å². The smallest absolute Gasteiger partial charge is 0.315 e. The average molecular weight is 669 g/mol. The van der Waals surface area contributed by atoms with Crippen LogP contribution in [0.25, 0.3) is 0 Å². The molecule has 0 spiro atoms. The number of nitrogens with one attached hydrogen (secondary N) is 5. The fourth-order valence-corrected chi connectivity index (χ4v) is 6.83. The van der Waals surface area contributed by atoms with Gasteiger partial charge in [-0.2, -0.15) is 0 Å². The van der Waals surface area contributed by atoms with Crippen molar-refractivity contribution in [1.29, 1.82) is 0 Å². The van der Waals surface area contributed by atoms with Crippen LogP contribution in [0.2, 0.25) is 0 Å². The highest BCUT2D eigenvalue weighted by Crippen LogP contribution is 2.34. The predicted molar refractivity (Wildman–Crippen MR) is 188 cm³/mol. The summed E-state index contributed by atoms with van der Waals surface area (Å²) in [6.45, 7) is 0.993. The van der Waals surface area contributed by atoms with Gasteiger partial charge < -0.3 is 36.2 Å². The minimum atomic E-state index is -0.911. The number of carbonyl (C=O) groups is 4. The van der Waals surface area contributed by atoms with Crippen LogP contribution >= 0.6 is 0 Å². The summed E-state index contributed by atoms with van der Waals surface area (Å²) in [5, 5.41) is 15.0. The minimum Gasteiger partial charge on any atom is -0.497 e. The number of methoxy groups -OCH3 is 1. The molecule has 260 valence electrons. The number of ether oxygens (including phenoxy) is 1. The molecule has 3 aromatic carbocycles. The van der Waals surface area contributed by atoms with Crippen LogP contribution in [0.3, 0.4) is 0 Å². The van der Waals surface area contributed by atoms with E-state index in [0.29, 0.717) is 51.6 Å². The number of nitrogens with zero attached hydrogens (tertiary/aromatic N) is 1. The van der Waals surface area contributed by atoms with Crippen LogP contribution in [0, 0.1) is 5.92 Å². The third-order valence-corrected chi connectivity index (χ3v) is 9.61. The molecule has 0 radical (unpaired) electrons. The Balaban J connectivity index is 1.27. The molecule has 0 bridgehead atoms. The van der Waals surface area contributed by atoms with Crippen LogP contribution in [-0.4, -0.2) is 80.1 Å². The van der Waals surface area contributed by atoms with Gasteiger partial charge in [-0.3, -0.25) is 14.4 Å². The quantitative estimate of drug-likeness (QED) is 0.179. The van der Waals surface area contributed by atoms with E-state index < -0.39 is 18.1 Å². The zero-order valence-electron chi connectivity index (χ0n) is 28.3. The fourth-order valence-electron chi connectivity index (χ4n) is 6.83. The molecule has 2 fully saturated rings. The standard InChI is InChI=1S/C38H48N6O5/c1-39-32(23-27-9-5-3-6-10-27)35(45)43-34-29(25-42-38(48)41-24-28-11-7-4-8-12-28)15-16-30-17-20-33(44(30)37(34)47)36(46)40-22-21-26-13-18-31(49-2)19-14-26/h3-14,18-19,29-30,32-34,39H,15-17,20-25H2,1-2H3,(H,40,46)(H,43,45)(H2,41,42,48)/t29?,30?,32-,33+,34?/m1/s1. The van der Waals surface area contributed by atoms with Gasteiger partial charge in [0.1, 0.15) is 17.8 Å². The van der Waals surface area contributed by atoms with Crippen molar-refractivity contribution in [2.24, 2.45) is 5.92 Å². The maximum atomic E-state index is 14.4. The van der Waals surface area contributed by atoms with Gasteiger partial charge in [0.25, 0.3) is 0 Å². The second-order valence-electron chi connectivity index (χ2n) is 12.8. The van der Waals surface area contributed by atoms with Crippen molar-refractivity contribution < 1.29 is 23.9 Å². The van der Waals surface area contributed by atoms with Crippen LogP contribution in [-0.2, 0) is 33.8 Å².